The van der Waals surface area contributed by atoms with Gasteiger partial charge in [-0.3, -0.25) is 14.4 Å². The Balaban J connectivity index is 1.59. The molecule has 160 valence electrons. The largest absolute Gasteiger partial charge is 0.451 e. The number of rotatable bonds is 8. The van der Waals surface area contributed by atoms with Crippen LogP contribution in [0.15, 0.2) is 65.1 Å². The van der Waals surface area contributed by atoms with E-state index in [0.717, 1.165) is 0 Å². The molecule has 0 fully saturated rings. The molecule has 3 N–H and O–H groups in total. The molecule has 8 heteroatoms. The van der Waals surface area contributed by atoms with Gasteiger partial charge < -0.3 is 20.4 Å². The van der Waals surface area contributed by atoms with E-state index in [9.17, 15) is 14.4 Å². The zero-order valence-electron chi connectivity index (χ0n) is 16.9. The molecule has 0 saturated carbocycles. The molecule has 0 aliphatic heterocycles. The van der Waals surface area contributed by atoms with Crippen molar-refractivity contribution in [2.45, 2.75) is 13.3 Å². The molecule has 0 atom stereocenters. The number of primary amides is 1. The number of carbonyl (C=O) groups excluding carboxylic acids is 3. The molecule has 0 radical (unpaired) electrons. The number of hydrogen-bond donors (Lipinski definition) is 2. The quantitative estimate of drug-likeness (QED) is 0.548. The number of hydrogen-bond acceptors (Lipinski definition) is 4. The third kappa shape index (κ3) is 5.52. The van der Waals surface area contributed by atoms with Crippen molar-refractivity contribution in [1.29, 1.82) is 0 Å². The number of nitrogens with zero attached hydrogens (tertiary/aromatic N) is 1. The number of benzene rings is 2. The molecular formula is C23H22ClN3O4. The van der Waals surface area contributed by atoms with Crippen LogP contribution < -0.4 is 11.1 Å². The summed E-state index contributed by atoms with van der Waals surface area (Å²) in [5, 5.41) is 3.26. The topological polar surface area (TPSA) is 106 Å². The van der Waals surface area contributed by atoms with Crippen LogP contribution in [0.4, 0.5) is 5.69 Å². The zero-order chi connectivity index (χ0) is 22.4. The second-order valence-corrected chi connectivity index (χ2v) is 7.18. The Bertz CT molecular complexity index is 1090. The number of nitrogens with two attached hydrogens (primary N) is 1. The molecule has 31 heavy (non-hydrogen) atoms. The highest BCUT2D eigenvalue weighted by Crippen LogP contribution is 2.29. The lowest BCUT2D eigenvalue weighted by molar-refractivity contribution is -0.116. The van der Waals surface area contributed by atoms with Gasteiger partial charge in [0.05, 0.1) is 5.02 Å². The van der Waals surface area contributed by atoms with Gasteiger partial charge in [0.25, 0.3) is 5.91 Å². The minimum absolute atomic E-state index is 0.106. The summed E-state index contributed by atoms with van der Waals surface area (Å²) in [4.78, 5) is 37.7. The van der Waals surface area contributed by atoms with Gasteiger partial charge in [0, 0.05) is 36.3 Å². The highest BCUT2D eigenvalue weighted by molar-refractivity contribution is 6.33. The molecule has 0 aliphatic rings. The number of halogens is 1. The van der Waals surface area contributed by atoms with Crippen LogP contribution in [0.5, 0.6) is 0 Å². The minimum atomic E-state index is -0.536. The van der Waals surface area contributed by atoms with Crippen LogP contribution >= 0.6 is 11.6 Å². The number of carbonyl (C=O) groups is 3. The summed E-state index contributed by atoms with van der Waals surface area (Å²) >= 11 is 6.19. The first-order chi connectivity index (χ1) is 14.9. The van der Waals surface area contributed by atoms with E-state index in [1.165, 1.54) is 17.0 Å². The van der Waals surface area contributed by atoms with Crippen LogP contribution in [0.3, 0.4) is 0 Å². The van der Waals surface area contributed by atoms with E-state index in [2.05, 4.69) is 5.32 Å². The van der Waals surface area contributed by atoms with Gasteiger partial charge in [0.15, 0.2) is 5.76 Å². The van der Waals surface area contributed by atoms with Gasteiger partial charge in [-0.05, 0) is 55.5 Å². The maximum atomic E-state index is 12.8. The molecule has 0 aliphatic carbocycles. The number of anilines is 1. The SMILES string of the molecule is CCN(CCC(=O)Nc1ccc(C(N)=O)cc1)C(=O)c1ccc(-c2ccccc2Cl)o1. The van der Waals surface area contributed by atoms with Gasteiger partial charge in [-0.1, -0.05) is 23.7 Å². The molecule has 0 saturated heterocycles. The molecule has 3 rings (SSSR count). The molecule has 1 aromatic heterocycles. The number of nitrogens with one attached hydrogen (secondary N) is 1. The van der Waals surface area contributed by atoms with Crippen molar-refractivity contribution in [1.82, 2.24) is 4.90 Å². The van der Waals surface area contributed by atoms with Crippen molar-refractivity contribution in [3.63, 3.8) is 0 Å². The molecule has 0 unspecified atom stereocenters. The molecule has 2 aromatic carbocycles. The maximum absolute atomic E-state index is 12.8. The highest BCUT2D eigenvalue weighted by Gasteiger charge is 2.20. The van der Waals surface area contributed by atoms with Crippen LogP contribution in [-0.2, 0) is 4.79 Å². The Morgan fingerprint density at radius 2 is 1.74 bits per heavy atom. The Morgan fingerprint density at radius 3 is 2.39 bits per heavy atom. The smallest absolute Gasteiger partial charge is 0.289 e. The maximum Gasteiger partial charge on any atom is 0.289 e. The van der Waals surface area contributed by atoms with Crippen molar-refractivity contribution in [2.75, 3.05) is 18.4 Å². The molecule has 1 heterocycles. The molecule has 3 amide bonds. The van der Waals surface area contributed by atoms with E-state index < -0.39 is 5.91 Å². The van der Waals surface area contributed by atoms with Crippen molar-refractivity contribution in [3.05, 3.63) is 77.0 Å². The van der Waals surface area contributed by atoms with Crippen LogP contribution in [0.1, 0.15) is 34.3 Å². The second kappa shape index (κ2) is 9.95. The van der Waals surface area contributed by atoms with E-state index >= 15 is 0 Å². The van der Waals surface area contributed by atoms with Crippen molar-refractivity contribution in [3.8, 4) is 11.3 Å². The summed E-state index contributed by atoms with van der Waals surface area (Å²) in [5.41, 5.74) is 6.80. The fourth-order valence-electron chi connectivity index (χ4n) is 3.00. The molecule has 0 bridgehead atoms. The normalized spacial score (nSPS) is 10.5. The van der Waals surface area contributed by atoms with Crippen molar-refractivity contribution < 1.29 is 18.8 Å². The minimum Gasteiger partial charge on any atom is -0.451 e. The van der Waals surface area contributed by atoms with Gasteiger partial charge in [-0.25, -0.2) is 0 Å². The summed E-state index contributed by atoms with van der Waals surface area (Å²) in [6.07, 6.45) is 0.106. The summed E-state index contributed by atoms with van der Waals surface area (Å²) in [6, 6.07) is 16.8. The summed E-state index contributed by atoms with van der Waals surface area (Å²) in [7, 11) is 0. The fraction of sp³-hybridized carbons (Fsp3) is 0.174. The van der Waals surface area contributed by atoms with Crippen LogP contribution in [0.2, 0.25) is 5.02 Å². The first kappa shape index (κ1) is 22.1. The first-order valence-electron chi connectivity index (χ1n) is 9.72. The lowest BCUT2D eigenvalue weighted by Gasteiger charge is -2.19. The van der Waals surface area contributed by atoms with E-state index in [1.807, 2.05) is 25.1 Å². The standard InChI is InChI=1S/C23H22ClN3O4/c1-2-27(14-13-21(28)26-16-9-7-15(8-10-16)22(25)29)23(30)20-12-11-19(31-20)17-5-3-4-6-18(17)24/h3-12H,2,13-14H2,1H3,(H2,25,29)(H,26,28). The summed E-state index contributed by atoms with van der Waals surface area (Å²) in [5.74, 6) is -0.416. The van der Waals surface area contributed by atoms with Gasteiger partial charge >= 0.3 is 0 Å². The zero-order valence-corrected chi connectivity index (χ0v) is 17.7. The van der Waals surface area contributed by atoms with E-state index in [0.29, 0.717) is 34.1 Å². The monoisotopic (exact) mass is 439 g/mol. The van der Waals surface area contributed by atoms with E-state index in [-0.39, 0.29) is 30.5 Å². The second-order valence-electron chi connectivity index (χ2n) is 6.77. The Labute approximate surface area is 184 Å². The van der Waals surface area contributed by atoms with Gasteiger partial charge in [0.2, 0.25) is 11.8 Å². The molecule has 0 spiro atoms. The summed E-state index contributed by atoms with van der Waals surface area (Å²) in [6.45, 7) is 2.47. The third-order valence-electron chi connectivity index (χ3n) is 4.69. The lowest BCUT2D eigenvalue weighted by atomic mass is 10.2. The van der Waals surface area contributed by atoms with Crippen LogP contribution in [0.25, 0.3) is 11.3 Å². The van der Waals surface area contributed by atoms with Gasteiger partial charge in [-0.15, -0.1) is 0 Å². The predicted octanol–water partition coefficient (Wildman–Crippen LogP) is 4.19. The van der Waals surface area contributed by atoms with Gasteiger partial charge in [-0.2, -0.15) is 0 Å². The third-order valence-corrected chi connectivity index (χ3v) is 5.02. The van der Waals surface area contributed by atoms with Crippen molar-refractivity contribution >= 4 is 35.0 Å². The average Bonchev–Trinajstić information content (AvgIpc) is 3.24. The highest BCUT2D eigenvalue weighted by atomic mass is 35.5. The predicted molar refractivity (Wildman–Crippen MR) is 119 cm³/mol. The Kier molecular flexibility index (Phi) is 7.10. The lowest BCUT2D eigenvalue weighted by Crippen LogP contribution is -2.33. The molecular weight excluding hydrogens is 418 g/mol. The van der Waals surface area contributed by atoms with E-state index in [4.69, 9.17) is 21.8 Å². The molecule has 3 aromatic rings. The summed E-state index contributed by atoms with van der Waals surface area (Å²) < 4.78 is 5.71. The average molecular weight is 440 g/mol. The molecule has 7 nitrogen and oxygen atoms in total. The van der Waals surface area contributed by atoms with Crippen LogP contribution in [-0.4, -0.2) is 35.7 Å². The first-order valence-corrected chi connectivity index (χ1v) is 10.1. The van der Waals surface area contributed by atoms with Crippen molar-refractivity contribution in [2.24, 2.45) is 5.73 Å². The Morgan fingerprint density at radius 1 is 1.03 bits per heavy atom. The van der Waals surface area contributed by atoms with Crippen LogP contribution in [0, 0.1) is 0 Å². The number of amides is 3. The Hall–Kier alpha value is -3.58. The van der Waals surface area contributed by atoms with Gasteiger partial charge in [0.1, 0.15) is 5.76 Å². The van der Waals surface area contributed by atoms with E-state index in [1.54, 1.807) is 30.3 Å². The fourth-order valence-corrected chi connectivity index (χ4v) is 3.22. The number of furan rings is 1.